The number of aromatic nitrogens is 1. The number of nitrogens with two attached hydrogens (primary N) is 1. The molecule has 2 N–H and O–H groups in total. The van der Waals surface area contributed by atoms with E-state index in [2.05, 4.69) is 4.98 Å². The summed E-state index contributed by atoms with van der Waals surface area (Å²) < 4.78 is 0. The molecular weight excluding hydrogens is 196 g/mol. The summed E-state index contributed by atoms with van der Waals surface area (Å²) >= 11 is 1.42. The first-order valence-electron chi connectivity index (χ1n) is 4.08. The van der Waals surface area contributed by atoms with Crippen LogP contribution in [-0.4, -0.2) is 10.9 Å². The summed E-state index contributed by atoms with van der Waals surface area (Å²) in [5.41, 5.74) is 8.15. The first kappa shape index (κ1) is 8.90. The summed E-state index contributed by atoms with van der Waals surface area (Å²) in [6.45, 7) is 0. The van der Waals surface area contributed by atoms with Gasteiger partial charge in [0.2, 0.25) is 0 Å². The third-order valence-electron chi connectivity index (χ3n) is 1.84. The van der Waals surface area contributed by atoms with E-state index in [1.54, 1.807) is 5.51 Å². The van der Waals surface area contributed by atoms with E-state index in [0.29, 0.717) is 5.69 Å². The largest absolute Gasteiger partial charge is 0.364 e. The summed E-state index contributed by atoms with van der Waals surface area (Å²) in [7, 11) is 0. The summed E-state index contributed by atoms with van der Waals surface area (Å²) in [5, 5.41) is 0. The van der Waals surface area contributed by atoms with E-state index in [1.807, 2.05) is 30.3 Å². The van der Waals surface area contributed by atoms with E-state index in [9.17, 15) is 4.79 Å². The van der Waals surface area contributed by atoms with Gasteiger partial charge in [-0.05, 0) is 5.56 Å². The Morgan fingerprint density at radius 3 is 2.64 bits per heavy atom. The number of carbonyl (C=O) groups excluding carboxylic acids is 1. The Balaban J connectivity index is 2.52. The van der Waals surface area contributed by atoms with E-state index in [0.717, 1.165) is 10.4 Å². The van der Waals surface area contributed by atoms with Crippen molar-refractivity contribution in [3.05, 3.63) is 41.5 Å². The number of nitrogens with zero attached hydrogens (tertiary/aromatic N) is 1. The molecule has 0 radical (unpaired) electrons. The molecule has 1 aromatic carbocycles. The van der Waals surface area contributed by atoms with Gasteiger partial charge in [-0.1, -0.05) is 30.3 Å². The van der Waals surface area contributed by atoms with Crippen LogP contribution in [0.5, 0.6) is 0 Å². The fraction of sp³-hybridized carbons (Fsp3) is 0. The molecular formula is C10H8N2OS. The molecule has 2 rings (SSSR count). The number of amides is 1. The first-order valence-corrected chi connectivity index (χ1v) is 4.95. The molecule has 0 saturated carbocycles. The second-order valence-corrected chi connectivity index (χ2v) is 3.62. The van der Waals surface area contributed by atoms with E-state index in [4.69, 9.17) is 5.73 Å². The van der Waals surface area contributed by atoms with Crippen molar-refractivity contribution in [3.63, 3.8) is 0 Å². The van der Waals surface area contributed by atoms with Gasteiger partial charge in [0.25, 0.3) is 5.91 Å². The van der Waals surface area contributed by atoms with Gasteiger partial charge in [0.15, 0.2) is 0 Å². The molecule has 3 nitrogen and oxygen atoms in total. The summed E-state index contributed by atoms with van der Waals surface area (Å²) in [4.78, 5) is 15.8. The molecule has 1 amide bonds. The fourth-order valence-electron chi connectivity index (χ4n) is 1.22. The van der Waals surface area contributed by atoms with Gasteiger partial charge < -0.3 is 5.73 Å². The summed E-state index contributed by atoms with van der Waals surface area (Å²) in [6.07, 6.45) is 0. The normalized spacial score (nSPS) is 10.0. The average Bonchev–Trinajstić information content (AvgIpc) is 2.67. The minimum absolute atomic E-state index is 0.348. The highest BCUT2D eigenvalue weighted by Crippen LogP contribution is 2.26. The average molecular weight is 204 g/mol. The van der Waals surface area contributed by atoms with Crippen LogP contribution in [0.2, 0.25) is 0 Å². The number of thiazole rings is 1. The summed E-state index contributed by atoms with van der Waals surface area (Å²) in [6, 6.07) is 9.62. The Bertz CT molecular complexity index is 450. The molecule has 0 bridgehead atoms. The van der Waals surface area contributed by atoms with Crippen molar-refractivity contribution < 1.29 is 4.79 Å². The van der Waals surface area contributed by atoms with E-state index in [-0.39, 0.29) is 0 Å². The van der Waals surface area contributed by atoms with Gasteiger partial charge >= 0.3 is 0 Å². The Labute approximate surface area is 85.2 Å². The predicted molar refractivity (Wildman–Crippen MR) is 56.1 cm³/mol. The molecule has 0 aliphatic carbocycles. The van der Waals surface area contributed by atoms with Crippen molar-refractivity contribution in [1.82, 2.24) is 4.98 Å². The maximum Gasteiger partial charge on any atom is 0.268 e. The van der Waals surface area contributed by atoms with Gasteiger partial charge in [0.1, 0.15) is 5.69 Å². The third-order valence-corrected chi connectivity index (χ3v) is 2.71. The Morgan fingerprint density at radius 1 is 1.29 bits per heavy atom. The van der Waals surface area contributed by atoms with Crippen LogP contribution in [0.3, 0.4) is 0 Å². The molecule has 0 aliphatic rings. The number of benzene rings is 1. The van der Waals surface area contributed by atoms with E-state index in [1.165, 1.54) is 11.3 Å². The lowest BCUT2D eigenvalue weighted by Crippen LogP contribution is -2.12. The number of carbonyl (C=O) groups is 1. The maximum absolute atomic E-state index is 11.0. The SMILES string of the molecule is NC(=O)c1ncsc1-c1ccccc1. The molecule has 0 atom stereocenters. The fourth-order valence-corrected chi connectivity index (χ4v) is 2.02. The second-order valence-electron chi connectivity index (χ2n) is 2.76. The zero-order chi connectivity index (χ0) is 9.97. The molecule has 70 valence electrons. The standard InChI is InChI=1S/C10H8N2OS/c11-10(13)8-9(14-6-12-8)7-4-2-1-3-5-7/h1-6H,(H2,11,13). The number of hydrogen-bond donors (Lipinski definition) is 1. The van der Waals surface area contributed by atoms with Crippen molar-refractivity contribution in [2.75, 3.05) is 0 Å². The monoisotopic (exact) mass is 204 g/mol. The van der Waals surface area contributed by atoms with Crippen molar-refractivity contribution in [1.29, 1.82) is 0 Å². The molecule has 2 aromatic rings. The Kier molecular flexibility index (Phi) is 2.28. The number of primary amides is 1. The molecule has 0 saturated heterocycles. The highest BCUT2D eigenvalue weighted by Gasteiger charge is 2.12. The molecule has 0 aliphatic heterocycles. The highest BCUT2D eigenvalue weighted by molar-refractivity contribution is 7.13. The number of rotatable bonds is 2. The van der Waals surface area contributed by atoms with Gasteiger partial charge in [-0.2, -0.15) is 0 Å². The predicted octanol–water partition coefficient (Wildman–Crippen LogP) is 1.91. The minimum Gasteiger partial charge on any atom is -0.364 e. The van der Waals surface area contributed by atoms with Crippen LogP contribution in [0, 0.1) is 0 Å². The second kappa shape index (κ2) is 3.59. The van der Waals surface area contributed by atoms with E-state index >= 15 is 0 Å². The van der Waals surface area contributed by atoms with Crippen LogP contribution in [0.25, 0.3) is 10.4 Å². The molecule has 1 aromatic heterocycles. The molecule has 1 heterocycles. The topological polar surface area (TPSA) is 56.0 Å². The van der Waals surface area contributed by atoms with E-state index < -0.39 is 5.91 Å². The first-order chi connectivity index (χ1) is 6.79. The smallest absolute Gasteiger partial charge is 0.268 e. The zero-order valence-electron chi connectivity index (χ0n) is 7.31. The van der Waals surface area contributed by atoms with Gasteiger partial charge in [-0.25, -0.2) is 4.98 Å². The molecule has 0 unspecified atom stereocenters. The van der Waals surface area contributed by atoms with Gasteiger partial charge in [-0.15, -0.1) is 11.3 Å². The lowest BCUT2D eigenvalue weighted by atomic mass is 10.1. The lowest BCUT2D eigenvalue weighted by Gasteiger charge is -1.97. The summed E-state index contributed by atoms with van der Waals surface area (Å²) in [5.74, 6) is -0.481. The zero-order valence-corrected chi connectivity index (χ0v) is 8.12. The van der Waals surface area contributed by atoms with Gasteiger partial charge in [0, 0.05) is 0 Å². The van der Waals surface area contributed by atoms with Crippen molar-refractivity contribution in [2.45, 2.75) is 0 Å². The van der Waals surface area contributed by atoms with Crippen molar-refractivity contribution >= 4 is 17.2 Å². The quantitative estimate of drug-likeness (QED) is 0.812. The van der Waals surface area contributed by atoms with Crippen LogP contribution in [0.15, 0.2) is 35.8 Å². The minimum atomic E-state index is -0.481. The van der Waals surface area contributed by atoms with Gasteiger partial charge in [0.05, 0.1) is 10.4 Å². The molecule has 0 spiro atoms. The highest BCUT2D eigenvalue weighted by atomic mass is 32.1. The van der Waals surface area contributed by atoms with Crippen molar-refractivity contribution in [2.24, 2.45) is 5.73 Å². The van der Waals surface area contributed by atoms with Crippen LogP contribution in [0.4, 0.5) is 0 Å². The van der Waals surface area contributed by atoms with Crippen LogP contribution >= 0.6 is 11.3 Å². The lowest BCUT2D eigenvalue weighted by molar-refractivity contribution is 0.0997. The Morgan fingerprint density at radius 2 is 2.00 bits per heavy atom. The molecule has 0 fully saturated rings. The van der Waals surface area contributed by atoms with Crippen LogP contribution in [0.1, 0.15) is 10.5 Å². The maximum atomic E-state index is 11.0. The van der Waals surface area contributed by atoms with Gasteiger partial charge in [-0.3, -0.25) is 4.79 Å². The Hall–Kier alpha value is -1.68. The molecule has 4 heteroatoms. The molecule has 14 heavy (non-hydrogen) atoms. The third kappa shape index (κ3) is 1.52. The van der Waals surface area contributed by atoms with Crippen molar-refractivity contribution in [3.8, 4) is 10.4 Å². The number of hydrogen-bond acceptors (Lipinski definition) is 3. The van der Waals surface area contributed by atoms with Crippen LogP contribution < -0.4 is 5.73 Å². The van der Waals surface area contributed by atoms with Crippen LogP contribution in [-0.2, 0) is 0 Å².